The molecule has 0 atom stereocenters. The standard InChI is InChI=1S/C13H15F3N4O/c1-7-3-8(13(14,15)16)12-9(4-7)18-10(19-12)6-20(2)11(21)5-17/h3-4H,5-6,17H2,1-2H3,(H,18,19). The normalized spacial score (nSPS) is 11.9. The number of amides is 1. The van der Waals surface area contributed by atoms with Crippen molar-refractivity contribution in [1.82, 2.24) is 14.9 Å². The Bertz CT molecular complexity index is 678. The first-order valence-electron chi connectivity index (χ1n) is 6.23. The minimum atomic E-state index is -4.47. The molecule has 0 fully saturated rings. The Morgan fingerprint density at radius 1 is 1.43 bits per heavy atom. The van der Waals surface area contributed by atoms with Crippen LogP contribution >= 0.6 is 0 Å². The number of H-pyrrole nitrogens is 1. The average Bonchev–Trinajstić information content (AvgIpc) is 2.77. The van der Waals surface area contributed by atoms with Gasteiger partial charge in [-0.05, 0) is 24.6 Å². The van der Waals surface area contributed by atoms with E-state index in [-0.39, 0.29) is 35.9 Å². The third kappa shape index (κ3) is 3.15. The predicted octanol–water partition coefficient (Wildman–Crippen LogP) is 1.81. The van der Waals surface area contributed by atoms with Gasteiger partial charge >= 0.3 is 6.18 Å². The molecule has 0 spiro atoms. The highest BCUT2D eigenvalue weighted by atomic mass is 19.4. The number of carbonyl (C=O) groups is 1. The maximum absolute atomic E-state index is 13.0. The smallest absolute Gasteiger partial charge is 0.340 e. The fourth-order valence-corrected chi connectivity index (χ4v) is 2.07. The Hall–Kier alpha value is -2.09. The molecule has 21 heavy (non-hydrogen) atoms. The van der Waals surface area contributed by atoms with Crippen LogP contribution in [0.15, 0.2) is 12.1 Å². The van der Waals surface area contributed by atoms with Gasteiger partial charge in [0.1, 0.15) is 5.82 Å². The number of alkyl halides is 3. The van der Waals surface area contributed by atoms with Gasteiger partial charge in [0, 0.05) is 7.05 Å². The van der Waals surface area contributed by atoms with Crippen molar-refractivity contribution in [3.8, 4) is 0 Å². The van der Waals surface area contributed by atoms with Gasteiger partial charge in [-0.25, -0.2) is 4.98 Å². The Labute approximate surface area is 118 Å². The monoisotopic (exact) mass is 300 g/mol. The molecule has 1 aromatic heterocycles. The maximum Gasteiger partial charge on any atom is 0.418 e. The van der Waals surface area contributed by atoms with E-state index < -0.39 is 11.7 Å². The highest BCUT2D eigenvalue weighted by molar-refractivity contribution is 5.81. The van der Waals surface area contributed by atoms with E-state index in [9.17, 15) is 18.0 Å². The molecule has 0 saturated carbocycles. The Kier molecular flexibility index (Phi) is 3.91. The van der Waals surface area contributed by atoms with Gasteiger partial charge in [-0.2, -0.15) is 13.2 Å². The van der Waals surface area contributed by atoms with Gasteiger partial charge in [0.05, 0.1) is 29.7 Å². The number of nitrogens with zero attached hydrogens (tertiary/aromatic N) is 2. The number of carbonyl (C=O) groups excluding carboxylic acids is 1. The van der Waals surface area contributed by atoms with E-state index in [1.807, 2.05) is 0 Å². The van der Waals surface area contributed by atoms with Gasteiger partial charge in [0.15, 0.2) is 0 Å². The highest BCUT2D eigenvalue weighted by Crippen LogP contribution is 2.34. The Balaban J connectivity index is 2.44. The summed E-state index contributed by atoms with van der Waals surface area (Å²) in [7, 11) is 1.51. The summed E-state index contributed by atoms with van der Waals surface area (Å²) in [5.74, 6) is -0.0342. The van der Waals surface area contributed by atoms with Crippen molar-refractivity contribution in [1.29, 1.82) is 0 Å². The van der Waals surface area contributed by atoms with Crippen LogP contribution in [0.2, 0.25) is 0 Å². The van der Waals surface area contributed by atoms with Crippen LogP contribution in [-0.4, -0.2) is 34.4 Å². The van der Waals surface area contributed by atoms with Gasteiger partial charge < -0.3 is 15.6 Å². The van der Waals surface area contributed by atoms with E-state index >= 15 is 0 Å². The van der Waals surface area contributed by atoms with Crippen molar-refractivity contribution in [2.75, 3.05) is 13.6 Å². The number of nitrogens with two attached hydrogens (primary N) is 1. The molecule has 3 N–H and O–H groups in total. The summed E-state index contributed by atoms with van der Waals surface area (Å²) in [5, 5.41) is 0. The number of benzene rings is 1. The number of aromatic amines is 1. The highest BCUT2D eigenvalue weighted by Gasteiger charge is 2.34. The summed E-state index contributed by atoms with van der Waals surface area (Å²) in [6.45, 7) is 1.48. The van der Waals surface area contributed by atoms with Crippen LogP contribution in [0.5, 0.6) is 0 Å². The third-order valence-electron chi connectivity index (χ3n) is 3.08. The molecular formula is C13H15F3N4O. The lowest BCUT2D eigenvalue weighted by Crippen LogP contribution is -2.32. The second kappa shape index (κ2) is 5.36. The molecule has 1 aromatic carbocycles. The van der Waals surface area contributed by atoms with Crippen LogP contribution in [-0.2, 0) is 17.5 Å². The largest absolute Gasteiger partial charge is 0.418 e. The number of likely N-dealkylation sites (N-methyl/N-ethyl adjacent to an activating group) is 1. The summed E-state index contributed by atoms with van der Waals surface area (Å²) >= 11 is 0. The van der Waals surface area contributed by atoms with E-state index in [1.54, 1.807) is 13.0 Å². The topological polar surface area (TPSA) is 75.0 Å². The number of imidazole rings is 1. The number of hydrogen-bond acceptors (Lipinski definition) is 3. The van der Waals surface area contributed by atoms with Crippen molar-refractivity contribution in [3.05, 3.63) is 29.1 Å². The molecule has 0 bridgehead atoms. The fraction of sp³-hybridized carbons (Fsp3) is 0.385. The molecule has 114 valence electrons. The molecular weight excluding hydrogens is 285 g/mol. The number of nitrogens with one attached hydrogen (secondary N) is 1. The van der Waals surface area contributed by atoms with E-state index in [4.69, 9.17) is 5.73 Å². The molecule has 0 aliphatic rings. The molecule has 1 heterocycles. The average molecular weight is 300 g/mol. The SMILES string of the molecule is Cc1cc(C(F)(F)F)c2[nH]c(CN(C)C(=O)CN)nc2c1. The Morgan fingerprint density at radius 2 is 2.10 bits per heavy atom. The quantitative estimate of drug-likeness (QED) is 0.907. The summed E-state index contributed by atoms with van der Waals surface area (Å²) < 4.78 is 39.1. The lowest BCUT2D eigenvalue weighted by Gasteiger charge is -2.13. The second-order valence-electron chi connectivity index (χ2n) is 4.84. The van der Waals surface area contributed by atoms with Crippen molar-refractivity contribution in [2.24, 2.45) is 5.73 Å². The van der Waals surface area contributed by atoms with Crippen molar-refractivity contribution in [3.63, 3.8) is 0 Å². The third-order valence-corrected chi connectivity index (χ3v) is 3.08. The maximum atomic E-state index is 13.0. The molecule has 0 aliphatic carbocycles. The lowest BCUT2D eigenvalue weighted by molar-refractivity contribution is -0.136. The van der Waals surface area contributed by atoms with Gasteiger partial charge in [-0.1, -0.05) is 0 Å². The van der Waals surface area contributed by atoms with Crippen molar-refractivity contribution in [2.45, 2.75) is 19.6 Å². The van der Waals surface area contributed by atoms with Gasteiger partial charge in [0.2, 0.25) is 5.91 Å². The molecule has 0 unspecified atom stereocenters. The van der Waals surface area contributed by atoms with Crippen molar-refractivity contribution >= 4 is 16.9 Å². The predicted molar refractivity (Wildman–Crippen MR) is 71.4 cm³/mol. The van der Waals surface area contributed by atoms with Crippen LogP contribution in [0.25, 0.3) is 11.0 Å². The van der Waals surface area contributed by atoms with Crippen LogP contribution in [0.4, 0.5) is 13.2 Å². The zero-order valence-corrected chi connectivity index (χ0v) is 11.6. The first-order chi connectivity index (χ1) is 9.72. The summed E-state index contributed by atoms with van der Waals surface area (Å²) in [4.78, 5) is 19.5. The number of aromatic nitrogens is 2. The first kappa shape index (κ1) is 15.3. The lowest BCUT2D eigenvalue weighted by atomic mass is 10.1. The number of halogens is 3. The van der Waals surface area contributed by atoms with Crippen molar-refractivity contribution < 1.29 is 18.0 Å². The van der Waals surface area contributed by atoms with Crippen LogP contribution in [0.3, 0.4) is 0 Å². The molecule has 0 saturated heterocycles. The summed E-state index contributed by atoms with van der Waals surface area (Å²) in [6, 6.07) is 2.63. The van der Waals surface area contributed by atoms with Gasteiger partial charge in [-0.15, -0.1) is 0 Å². The molecule has 0 aliphatic heterocycles. The molecule has 0 radical (unpaired) electrons. The minimum Gasteiger partial charge on any atom is -0.340 e. The number of aryl methyl sites for hydroxylation is 1. The van der Waals surface area contributed by atoms with E-state index in [1.165, 1.54) is 11.9 Å². The minimum absolute atomic E-state index is 0.0705. The summed E-state index contributed by atoms with van der Waals surface area (Å²) in [6.07, 6.45) is -4.47. The second-order valence-corrected chi connectivity index (χ2v) is 4.84. The molecule has 2 rings (SSSR count). The Morgan fingerprint density at radius 3 is 2.67 bits per heavy atom. The van der Waals surface area contributed by atoms with Gasteiger partial charge in [-0.3, -0.25) is 4.79 Å². The number of hydrogen-bond donors (Lipinski definition) is 2. The van der Waals surface area contributed by atoms with Crippen LogP contribution < -0.4 is 5.73 Å². The summed E-state index contributed by atoms with van der Waals surface area (Å²) in [5.41, 5.74) is 5.10. The zero-order valence-electron chi connectivity index (χ0n) is 11.6. The van der Waals surface area contributed by atoms with E-state index in [0.29, 0.717) is 5.56 Å². The number of fused-ring (bicyclic) bond motifs is 1. The molecule has 2 aromatic rings. The molecule has 8 heteroatoms. The van der Waals surface area contributed by atoms with E-state index in [0.717, 1.165) is 6.07 Å². The van der Waals surface area contributed by atoms with Gasteiger partial charge in [0.25, 0.3) is 0 Å². The molecule has 1 amide bonds. The zero-order chi connectivity index (χ0) is 15.8. The van der Waals surface area contributed by atoms with Crippen LogP contribution in [0.1, 0.15) is 17.0 Å². The van der Waals surface area contributed by atoms with Crippen LogP contribution in [0, 0.1) is 6.92 Å². The van der Waals surface area contributed by atoms with E-state index in [2.05, 4.69) is 9.97 Å². The fourth-order valence-electron chi connectivity index (χ4n) is 2.07. The molecule has 5 nitrogen and oxygen atoms in total. The first-order valence-corrected chi connectivity index (χ1v) is 6.23. The number of rotatable bonds is 3.